The van der Waals surface area contributed by atoms with Crippen molar-refractivity contribution in [2.24, 2.45) is 5.92 Å². The van der Waals surface area contributed by atoms with Crippen molar-refractivity contribution in [3.63, 3.8) is 0 Å². The van der Waals surface area contributed by atoms with Crippen LogP contribution in [0.4, 0.5) is 0 Å². The van der Waals surface area contributed by atoms with Gasteiger partial charge in [-0.25, -0.2) is 0 Å². The molecule has 2 N–H and O–H groups in total. The number of aromatic nitrogens is 1. The van der Waals surface area contributed by atoms with E-state index in [2.05, 4.69) is 37.0 Å². The number of unbranched alkanes of at least 4 members (excludes halogenated alkanes) is 1. The molecule has 24 heavy (non-hydrogen) atoms. The van der Waals surface area contributed by atoms with Crippen LogP contribution in [-0.4, -0.2) is 18.1 Å². The molecule has 2 aromatic rings. The number of benzene rings is 1. The molecule has 0 saturated carbocycles. The molecule has 3 heteroatoms. The van der Waals surface area contributed by atoms with E-state index < -0.39 is 0 Å². The lowest BCUT2D eigenvalue weighted by atomic mass is 9.98. The third-order valence-corrected chi connectivity index (χ3v) is 5.60. The van der Waals surface area contributed by atoms with Crippen LogP contribution < -0.4 is 10.3 Å². The Morgan fingerprint density at radius 3 is 2.71 bits per heavy atom. The minimum absolute atomic E-state index is 0.241. The Morgan fingerprint density at radius 2 is 2.00 bits per heavy atom. The third-order valence-electron chi connectivity index (χ3n) is 5.60. The molecule has 0 unspecified atom stereocenters. The first kappa shape index (κ1) is 17.2. The van der Waals surface area contributed by atoms with Crippen molar-refractivity contribution < 1.29 is 4.90 Å². The summed E-state index contributed by atoms with van der Waals surface area (Å²) >= 11 is 0. The normalized spacial score (nSPS) is 21.3. The molecule has 1 fully saturated rings. The molecule has 130 valence electrons. The van der Waals surface area contributed by atoms with E-state index in [9.17, 15) is 4.79 Å². The van der Waals surface area contributed by atoms with Gasteiger partial charge in [-0.2, -0.15) is 0 Å². The highest BCUT2D eigenvalue weighted by atomic mass is 16.1. The van der Waals surface area contributed by atoms with Gasteiger partial charge < -0.3 is 9.88 Å². The summed E-state index contributed by atoms with van der Waals surface area (Å²) in [7, 11) is 0. The molecular weight excluding hydrogens is 296 g/mol. The summed E-state index contributed by atoms with van der Waals surface area (Å²) in [5.41, 5.74) is 4.53. The second kappa shape index (κ2) is 7.52. The summed E-state index contributed by atoms with van der Waals surface area (Å²) in [6.45, 7) is 9.83. The maximum atomic E-state index is 13.1. The molecule has 0 spiro atoms. The van der Waals surface area contributed by atoms with E-state index in [-0.39, 0.29) is 5.43 Å². The Morgan fingerprint density at radius 1 is 1.25 bits per heavy atom. The molecule has 1 aromatic heterocycles. The lowest BCUT2D eigenvalue weighted by Gasteiger charge is -2.27. The van der Waals surface area contributed by atoms with Gasteiger partial charge >= 0.3 is 0 Å². The largest absolute Gasteiger partial charge is 0.358 e. The van der Waals surface area contributed by atoms with Crippen molar-refractivity contribution in [3.8, 4) is 0 Å². The van der Waals surface area contributed by atoms with E-state index >= 15 is 0 Å². The van der Waals surface area contributed by atoms with E-state index in [1.165, 1.54) is 44.3 Å². The van der Waals surface area contributed by atoms with Gasteiger partial charge in [0.05, 0.1) is 18.7 Å². The second-order valence-corrected chi connectivity index (χ2v) is 7.65. The standard InChI is InChI=1S/C21H30N2O/c1-4-5-6-17-7-8-20-18(13-17)21(24)19(16(3)22-20)14-23-11-9-15(2)10-12-23/h7-8,13,15H,4-6,9-12,14H2,1-3H3,(H,22,24)/p+1. The molecular formula is C21H31N2O+. The lowest BCUT2D eigenvalue weighted by molar-refractivity contribution is -0.919. The van der Waals surface area contributed by atoms with Crippen LogP contribution in [0.2, 0.25) is 0 Å². The van der Waals surface area contributed by atoms with Crippen LogP contribution in [0, 0.1) is 12.8 Å². The van der Waals surface area contributed by atoms with Gasteiger partial charge in [-0.15, -0.1) is 0 Å². The SMILES string of the molecule is CCCCc1ccc2[nH]c(C)c(C[NH+]3CCC(C)CC3)c(=O)c2c1. The molecule has 3 nitrogen and oxygen atoms in total. The molecule has 0 bridgehead atoms. The molecule has 1 saturated heterocycles. The molecule has 0 amide bonds. The minimum atomic E-state index is 0.241. The van der Waals surface area contributed by atoms with Crippen LogP contribution >= 0.6 is 0 Å². The first-order valence-electron chi connectivity index (χ1n) is 9.56. The maximum absolute atomic E-state index is 13.1. The first-order valence-corrected chi connectivity index (χ1v) is 9.56. The highest BCUT2D eigenvalue weighted by Gasteiger charge is 2.21. The molecule has 1 aromatic carbocycles. The molecule has 1 aliphatic rings. The van der Waals surface area contributed by atoms with Gasteiger partial charge in [0.15, 0.2) is 5.43 Å². The summed E-state index contributed by atoms with van der Waals surface area (Å²) in [6.07, 6.45) is 5.98. The zero-order chi connectivity index (χ0) is 17.1. The van der Waals surface area contributed by atoms with E-state index in [1.54, 1.807) is 4.90 Å². The number of aryl methyl sites for hydroxylation is 2. The van der Waals surface area contributed by atoms with Crippen LogP contribution in [0.5, 0.6) is 0 Å². The first-order chi connectivity index (χ1) is 11.6. The van der Waals surface area contributed by atoms with Gasteiger partial charge in [-0.3, -0.25) is 4.79 Å². The number of aromatic amines is 1. The molecule has 0 aliphatic carbocycles. The average molecular weight is 327 g/mol. The van der Waals surface area contributed by atoms with Gasteiger partial charge in [0, 0.05) is 16.6 Å². The third kappa shape index (κ3) is 3.72. The van der Waals surface area contributed by atoms with Gasteiger partial charge in [-0.05, 0) is 56.2 Å². The Balaban J connectivity index is 1.90. The number of fused-ring (bicyclic) bond motifs is 1. The minimum Gasteiger partial charge on any atom is -0.358 e. The van der Waals surface area contributed by atoms with Crippen molar-refractivity contribution in [2.45, 2.75) is 59.4 Å². The number of H-pyrrole nitrogens is 1. The van der Waals surface area contributed by atoms with Crippen molar-refractivity contribution in [1.82, 2.24) is 4.98 Å². The van der Waals surface area contributed by atoms with Crippen molar-refractivity contribution in [3.05, 3.63) is 45.2 Å². The van der Waals surface area contributed by atoms with Gasteiger partial charge in [0.1, 0.15) is 6.54 Å². The Bertz CT molecular complexity index is 754. The highest BCUT2D eigenvalue weighted by molar-refractivity contribution is 5.80. The molecule has 0 atom stereocenters. The fourth-order valence-corrected chi connectivity index (χ4v) is 3.84. The van der Waals surface area contributed by atoms with Gasteiger partial charge in [0.25, 0.3) is 0 Å². The van der Waals surface area contributed by atoms with E-state index in [0.29, 0.717) is 0 Å². The van der Waals surface area contributed by atoms with Crippen LogP contribution in [0.3, 0.4) is 0 Å². The van der Waals surface area contributed by atoms with Crippen molar-refractivity contribution in [2.75, 3.05) is 13.1 Å². The Kier molecular flexibility index (Phi) is 5.40. The fraction of sp³-hybridized carbons (Fsp3) is 0.571. The van der Waals surface area contributed by atoms with E-state index in [4.69, 9.17) is 0 Å². The van der Waals surface area contributed by atoms with Gasteiger partial charge in [-0.1, -0.05) is 26.3 Å². The molecule has 1 aliphatic heterocycles. The monoisotopic (exact) mass is 327 g/mol. The Labute approximate surface area is 145 Å². The number of quaternary nitrogens is 1. The molecule has 0 radical (unpaired) electrons. The topological polar surface area (TPSA) is 37.3 Å². The summed E-state index contributed by atoms with van der Waals surface area (Å²) < 4.78 is 0. The smallest absolute Gasteiger partial charge is 0.198 e. The number of likely N-dealkylation sites (tertiary alicyclic amines) is 1. The Hall–Kier alpha value is -1.61. The second-order valence-electron chi connectivity index (χ2n) is 7.65. The maximum Gasteiger partial charge on any atom is 0.198 e. The zero-order valence-electron chi connectivity index (χ0n) is 15.4. The predicted molar refractivity (Wildman–Crippen MR) is 101 cm³/mol. The van der Waals surface area contributed by atoms with Crippen LogP contribution in [-0.2, 0) is 13.0 Å². The van der Waals surface area contributed by atoms with Crippen molar-refractivity contribution >= 4 is 10.9 Å². The summed E-state index contributed by atoms with van der Waals surface area (Å²) in [6, 6.07) is 6.35. The van der Waals surface area contributed by atoms with Crippen LogP contribution in [0.15, 0.2) is 23.0 Å². The molecule has 2 heterocycles. The summed E-state index contributed by atoms with van der Waals surface area (Å²) in [4.78, 5) is 18.1. The quantitative estimate of drug-likeness (QED) is 0.870. The summed E-state index contributed by atoms with van der Waals surface area (Å²) in [5, 5.41) is 0.869. The summed E-state index contributed by atoms with van der Waals surface area (Å²) in [5.74, 6) is 0.839. The predicted octanol–water partition coefficient (Wildman–Crippen LogP) is 2.99. The van der Waals surface area contributed by atoms with Crippen LogP contribution in [0.25, 0.3) is 10.9 Å². The number of hydrogen-bond acceptors (Lipinski definition) is 1. The highest BCUT2D eigenvalue weighted by Crippen LogP contribution is 2.15. The number of nitrogens with one attached hydrogen (secondary N) is 2. The number of hydrogen-bond donors (Lipinski definition) is 2. The average Bonchev–Trinajstić information content (AvgIpc) is 2.58. The molecule has 3 rings (SSSR count). The van der Waals surface area contributed by atoms with Gasteiger partial charge in [0.2, 0.25) is 0 Å². The lowest BCUT2D eigenvalue weighted by Crippen LogP contribution is -3.12. The van der Waals surface area contributed by atoms with Crippen LogP contribution in [0.1, 0.15) is 56.4 Å². The van der Waals surface area contributed by atoms with E-state index in [0.717, 1.165) is 41.0 Å². The van der Waals surface area contributed by atoms with Crippen molar-refractivity contribution in [1.29, 1.82) is 0 Å². The number of pyridine rings is 1. The fourth-order valence-electron chi connectivity index (χ4n) is 3.84. The number of piperidine rings is 1. The van der Waals surface area contributed by atoms with E-state index in [1.807, 2.05) is 6.92 Å². The zero-order valence-corrected chi connectivity index (χ0v) is 15.4. The number of rotatable bonds is 5.